The summed E-state index contributed by atoms with van der Waals surface area (Å²) >= 11 is 15.4. The minimum Gasteiger partial charge on any atom is -0.329 e. The number of nitrogens with two attached hydrogens (primary N) is 1. The van der Waals surface area contributed by atoms with E-state index in [0.29, 0.717) is 17.6 Å². The first-order valence-electron chi connectivity index (χ1n) is 6.24. The summed E-state index contributed by atoms with van der Waals surface area (Å²) in [5.74, 6) is 0. The van der Waals surface area contributed by atoms with Crippen molar-refractivity contribution in [2.45, 2.75) is 30.2 Å². The Bertz CT molecular complexity index is 586. The molecule has 0 aromatic heterocycles. The molecule has 112 valence electrons. The van der Waals surface area contributed by atoms with E-state index in [-0.39, 0.29) is 21.0 Å². The van der Waals surface area contributed by atoms with Gasteiger partial charge in [0.25, 0.3) is 0 Å². The van der Waals surface area contributed by atoms with Crippen LogP contribution in [-0.2, 0) is 10.0 Å². The molecule has 1 aliphatic heterocycles. The topological polar surface area (TPSA) is 63.4 Å². The van der Waals surface area contributed by atoms with Crippen molar-refractivity contribution in [2.24, 2.45) is 5.73 Å². The van der Waals surface area contributed by atoms with Gasteiger partial charge < -0.3 is 5.73 Å². The number of benzene rings is 1. The van der Waals surface area contributed by atoms with Crippen LogP contribution in [0.25, 0.3) is 0 Å². The van der Waals surface area contributed by atoms with Crippen LogP contribution < -0.4 is 5.73 Å². The summed E-state index contributed by atoms with van der Waals surface area (Å²) in [6.07, 6.45) is 2.57. The summed E-state index contributed by atoms with van der Waals surface area (Å²) in [5.41, 5.74) is 5.69. The van der Waals surface area contributed by atoms with Crippen LogP contribution in [0.5, 0.6) is 0 Å². The Kier molecular flexibility index (Phi) is 5.37. The molecule has 8 heteroatoms. The molecule has 2 N–H and O–H groups in total. The van der Waals surface area contributed by atoms with Crippen LogP contribution in [0.1, 0.15) is 19.3 Å². The Morgan fingerprint density at radius 3 is 2.45 bits per heavy atom. The van der Waals surface area contributed by atoms with E-state index in [1.165, 1.54) is 16.4 Å². The zero-order valence-electron chi connectivity index (χ0n) is 10.7. The number of hydrogen-bond acceptors (Lipinski definition) is 3. The molecule has 1 unspecified atom stereocenters. The van der Waals surface area contributed by atoms with Crippen LogP contribution in [0.4, 0.5) is 0 Å². The first-order valence-corrected chi connectivity index (χ1v) is 9.23. The van der Waals surface area contributed by atoms with Gasteiger partial charge in [-0.1, -0.05) is 45.6 Å². The monoisotopic (exact) mass is 400 g/mol. The molecule has 1 aromatic carbocycles. The third-order valence-electron chi connectivity index (χ3n) is 3.37. The van der Waals surface area contributed by atoms with E-state index in [1.54, 1.807) is 0 Å². The van der Waals surface area contributed by atoms with Crippen LogP contribution >= 0.6 is 39.1 Å². The van der Waals surface area contributed by atoms with Crippen LogP contribution in [0.3, 0.4) is 0 Å². The van der Waals surface area contributed by atoms with Gasteiger partial charge >= 0.3 is 0 Å². The zero-order chi connectivity index (χ0) is 14.9. The Morgan fingerprint density at radius 2 is 1.90 bits per heavy atom. The largest absolute Gasteiger partial charge is 0.329 e. The quantitative estimate of drug-likeness (QED) is 0.845. The van der Waals surface area contributed by atoms with Crippen molar-refractivity contribution >= 4 is 49.2 Å². The number of nitrogens with zero attached hydrogens (tertiary/aromatic N) is 1. The van der Waals surface area contributed by atoms with Crippen molar-refractivity contribution in [1.29, 1.82) is 0 Å². The van der Waals surface area contributed by atoms with Crippen LogP contribution in [0.2, 0.25) is 10.0 Å². The van der Waals surface area contributed by atoms with Gasteiger partial charge in [-0.15, -0.1) is 0 Å². The lowest BCUT2D eigenvalue weighted by molar-refractivity contribution is 0.257. The number of piperidine rings is 1. The van der Waals surface area contributed by atoms with Gasteiger partial charge in [-0.25, -0.2) is 8.42 Å². The molecule has 1 heterocycles. The smallest absolute Gasteiger partial charge is 0.246 e. The fourth-order valence-corrected chi connectivity index (χ4v) is 6.01. The zero-order valence-corrected chi connectivity index (χ0v) is 14.6. The molecule has 0 spiro atoms. The van der Waals surface area contributed by atoms with Crippen LogP contribution in [0.15, 0.2) is 21.5 Å². The normalized spacial score (nSPS) is 21.1. The van der Waals surface area contributed by atoms with E-state index >= 15 is 0 Å². The Morgan fingerprint density at radius 1 is 1.30 bits per heavy atom. The molecule has 20 heavy (non-hydrogen) atoms. The van der Waals surface area contributed by atoms with Gasteiger partial charge in [-0.2, -0.15) is 4.31 Å². The summed E-state index contributed by atoms with van der Waals surface area (Å²) in [5, 5.41) is 0.233. The van der Waals surface area contributed by atoms with Crippen LogP contribution in [0, 0.1) is 0 Å². The maximum Gasteiger partial charge on any atom is 0.246 e. The van der Waals surface area contributed by atoms with Gasteiger partial charge in [0.1, 0.15) is 4.90 Å². The molecule has 0 amide bonds. The van der Waals surface area contributed by atoms with Gasteiger partial charge in [0.2, 0.25) is 10.0 Å². The molecule has 1 atom stereocenters. The SMILES string of the molecule is NCC1CCCCN1S(=O)(=O)c1c(Cl)cc(Br)cc1Cl. The summed E-state index contributed by atoms with van der Waals surface area (Å²) in [6.45, 7) is 0.748. The maximum atomic E-state index is 12.8. The average Bonchev–Trinajstić information content (AvgIpc) is 2.37. The molecule has 0 radical (unpaired) electrons. The van der Waals surface area contributed by atoms with Crippen molar-refractivity contribution in [2.75, 3.05) is 13.1 Å². The molecule has 2 rings (SSSR count). The summed E-state index contributed by atoms with van der Waals surface area (Å²) < 4.78 is 27.7. The molecular weight excluding hydrogens is 387 g/mol. The summed E-state index contributed by atoms with van der Waals surface area (Å²) in [6, 6.07) is 2.87. The third kappa shape index (κ3) is 3.15. The number of halogens is 3. The highest BCUT2D eigenvalue weighted by atomic mass is 79.9. The van der Waals surface area contributed by atoms with Gasteiger partial charge in [0.05, 0.1) is 10.0 Å². The number of hydrogen-bond donors (Lipinski definition) is 1. The molecule has 1 saturated heterocycles. The highest BCUT2D eigenvalue weighted by Crippen LogP contribution is 2.36. The van der Waals surface area contributed by atoms with Crippen molar-refractivity contribution in [3.05, 3.63) is 26.7 Å². The minimum absolute atomic E-state index is 0.0376. The van der Waals surface area contributed by atoms with Gasteiger partial charge in [-0.05, 0) is 25.0 Å². The molecule has 1 aromatic rings. The predicted molar refractivity (Wildman–Crippen MR) is 84.7 cm³/mol. The van der Waals surface area contributed by atoms with Crippen molar-refractivity contribution in [3.63, 3.8) is 0 Å². The lowest BCUT2D eigenvalue weighted by atomic mass is 10.1. The van der Waals surface area contributed by atoms with Crippen molar-refractivity contribution in [3.8, 4) is 0 Å². The molecular formula is C12H15BrCl2N2O2S. The maximum absolute atomic E-state index is 12.8. The third-order valence-corrected chi connectivity index (χ3v) is 6.71. The molecule has 1 aliphatic rings. The van der Waals surface area contributed by atoms with Gasteiger partial charge in [0, 0.05) is 23.6 Å². The Hall–Kier alpha value is 0.150. The van der Waals surface area contributed by atoms with E-state index < -0.39 is 10.0 Å². The predicted octanol–water partition coefficient (Wildman–Crippen LogP) is 3.26. The van der Waals surface area contributed by atoms with Gasteiger partial charge in [-0.3, -0.25) is 0 Å². The fourth-order valence-electron chi connectivity index (χ4n) is 2.42. The molecule has 4 nitrogen and oxygen atoms in total. The number of sulfonamides is 1. The van der Waals surface area contributed by atoms with Crippen molar-refractivity contribution < 1.29 is 8.42 Å². The second kappa shape index (κ2) is 6.50. The van der Waals surface area contributed by atoms with Gasteiger partial charge in [0.15, 0.2) is 0 Å². The van der Waals surface area contributed by atoms with E-state index in [2.05, 4.69) is 15.9 Å². The minimum atomic E-state index is -3.73. The molecule has 1 fully saturated rings. The Balaban J connectivity index is 2.49. The highest BCUT2D eigenvalue weighted by molar-refractivity contribution is 9.10. The first kappa shape index (κ1) is 16.5. The second-order valence-corrected chi connectivity index (χ2v) is 8.26. The van der Waals surface area contributed by atoms with E-state index in [1.807, 2.05) is 0 Å². The van der Waals surface area contributed by atoms with Crippen molar-refractivity contribution in [1.82, 2.24) is 4.31 Å². The Labute approximate surface area is 137 Å². The van der Waals surface area contributed by atoms with E-state index in [0.717, 1.165) is 19.3 Å². The standard InChI is InChI=1S/C12H15BrCl2N2O2S/c13-8-5-10(14)12(11(15)6-8)20(18,19)17-4-2-1-3-9(17)7-16/h5-6,9H,1-4,7,16H2. The first-order chi connectivity index (χ1) is 9.37. The average molecular weight is 402 g/mol. The lowest BCUT2D eigenvalue weighted by Gasteiger charge is -2.34. The lowest BCUT2D eigenvalue weighted by Crippen LogP contribution is -2.47. The molecule has 0 bridgehead atoms. The summed E-state index contributed by atoms with van der Waals surface area (Å²) in [7, 11) is -3.73. The molecule has 0 aliphatic carbocycles. The molecule has 0 saturated carbocycles. The van der Waals surface area contributed by atoms with Crippen LogP contribution in [-0.4, -0.2) is 31.9 Å². The summed E-state index contributed by atoms with van der Waals surface area (Å²) in [4.78, 5) is -0.0376. The second-order valence-electron chi connectivity index (χ2n) is 4.70. The number of rotatable bonds is 3. The fraction of sp³-hybridized carbons (Fsp3) is 0.500. The van der Waals surface area contributed by atoms with E-state index in [9.17, 15) is 8.42 Å². The van der Waals surface area contributed by atoms with E-state index in [4.69, 9.17) is 28.9 Å². The highest BCUT2D eigenvalue weighted by Gasteiger charge is 2.35.